The van der Waals surface area contributed by atoms with Gasteiger partial charge in [0.1, 0.15) is 0 Å². The van der Waals surface area contributed by atoms with Crippen LogP contribution in [0, 0.1) is 5.41 Å². The third-order valence-corrected chi connectivity index (χ3v) is 3.54. The lowest BCUT2D eigenvalue weighted by Crippen LogP contribution is -2.34. The highest BCUT2D eigenvalue weighted by molar-refractivity contribution is 5.76. The van der Waals surface area contributed by atoms with E-state index in [1.165, 1.54) is 12.8 Å². The fourth-order valence-electron chi connectivity index (χ4n) is 2.26. The minimum Gasteiger partial charge on any atom is -0.396 e. The smallest absolute Gasteiger partial charge is 0.330 e. The summed E-state index contributed by atoms with van der Waals surface area (Å²) < 4.78 is 0. The topological polar surface area (TPSA) is 72.5 Å². The highest BCUT2D eigenvalue weighted by Gasteiger charge is 2.36. The normalized spacial score (nSPS) is 14.4. The van der Waals surface area contributed by atoms with Gasteiger partial charge in [0, 0.05) is 6.61 Å². The van der Waals surface area contributed by atoms with E-state index >= 15 is 0 Å². The molecule has 1 atom stereocenters. The molecule has 102 valence electrons. The molecule has 0 saturated carbocycles. The van der Waals surface area contributed by atoms with Crippen molar-refractivity contribution in [1.82, 2.24) is 0 Å². The monoisotopic (exact) mass is 245 g/mol. The average molecular weight is 245 g/mol. The van der Waals surface area contributed by atoms with Crippen molar-refractivity contribution >= 4 is 5.97 Å². The van der Waals surface area contributed by atoms with E-state index in [4.69, 9.17) is 11.0 Å². The third-order valence-electron chi connectivity index (χ3n) is 3.54. The van der Waals surface area contributed by atoms with Crippen LogP contribution in [0.1, 0.15) is 65.2 Å². The second-order valence-electron chi connectivity index (χ2n) is 4.68. The molecule has 4 nitrogen and oxygen atoms in total. The fourth-order valence-corrected chi connectivity index (χ4v) is 2.26. The average Bonchev–Trinajstić information content (AvgIpc) is 2.37. The highest BCUT2D eigenvalue weighted by atomic mass is 16.7. The summed E-state index contributed by atoms with van der Waals surface area (Å²) in [6.45, 7) is 4.25. The lowest BCUT2D eigenvalue weighted by Gasteiger charge is -2.29. The molecule has 0 aliphatic carbocycles. The van der Waals surface area contributed by atoms with E-state index in [2.05, 4.69) is 11.8 Å². The molecule has 0 heterocycles. The first-order valence-electron chi connectivity index (χ1n) is 6.69. The minimum atomic E-state index is -0.495. The maximum Gasteiger partial charge on any atom is 0.330 e. The Labute approximate surface area is 104 Å². The van der Waals surface area contributed by atoms with E-state index in [0.717, 1.165) is 25.7 Å². The predicted octanol–water partition coefficient (Wildman–Crippen LogP) is 2.54. The van der Waals surface area contributed by atoms with Gasteiger partial charge in [-0.2, -0.15) is 5.90 Å². The van der Waals surface area contributed by atoms with Gasteiger partial charge >= 0.3 is 5.97 Å². The molecule has 0 amide bonds. The van der Waals surface area contributed by atoms with Crippen LogP contribution in [0.2, 0.25) is 0 Å². The Hall–Kier alpha value is -0.610. The summed E-state index contributed by atoms with van der Waals surface area (Å²) in [6.07, 6.45) is 7.32. The van der Waals surface area contributed by atoms with E-state index in [9.17, 15) is 4.79 Å². The third kappa shape index (κ3) is 5.50. The maximum atomic E-state index is 11.8. The van der Waals surface area contributed by atoms with Crippen molar-refractivity contribution in [3.05, 3.63) is 0 Å². The molecule has 3 N–H and O–H groups in total. The molecule has 1 unspecified atom stereocenters. The van der Waals surface area contributed by atoms with Gasteiger partial charge in [0.05, 0.1) is 5.41 Å². The van der Waals surface area contributed by atoms with Crippen molar-refractivity contribution < 1.29 is 14.7 Å². The van der Waals surface area contributed by atoms with E-state index in [-0.39, 0.29) is 12.6 Å². The van der Waals surface area contributed by atoms with Crippen LogP contribution in [-0.2, 0) is 9.63 Å². The number of rotatable bonds is 10. The highest BCUT2D eigenvalue weighted by Crippen LogP contribution is 2.35. The standard InChI is InChI=1S/C13H27NO3/c1-3-5-6-7-9-13(4-2,10-8-11-15)12(16)17-14/h15H,3-11,14H2,1-2H3. The van der Waals surface area contributed by atoms with Gasteiger partial charge in [-0.15, -0.1) is 0 Å². The molecule has 0 aromatic rings. The van der Waals surface area contributed by atoms with E-state index in [1.54, 1.807) is 0 Å². The van der Waals surface area contributed by atoms with E-state index in [1.807, 2.05) is 6.92 Å². The van der Waals surface area contributed by atoms with Crippen LogP contribution < -0.4 is 5.90 Å². The summed E-state index contributed by atoms with van der Waals surface area (Å²) in [4.78, 5) is 16.2. The first-order valence-corrected chi connectivity index (χ1v) is 6.69. The van der Waals surface area contributed by atoms with Crippen LogP contribution in [0.15, 0.2) is 0 Å². The Bertz CT molecular complexity index is 209. The summed E-state index contributed by atoms with van der Waals surface area (Å²) >= 11 is 0. The van der Waals surface area contributed by atoms with Crippen molar-refractivity contribution in [2.24, 2.45) is 11.3 Å². The predicted molar refractivity (Wildman–Crippen MR) is 68.1 cm³/mol. The zero-order valence-electron chi connectivity index (χ0n) is 11.2. The van der Waals surface area contributed by atoms with Crippen LogP contribution in [0.5, 0.6) is 0 Å². The molecule has 0 aromatic heterocycles. The molecule has 0 saturated heterocycles. The molecule has 0 aliphatic heterocycles. The van der Waals surface area contributed by atoms with Gasteiger partial charge in [-0.3, -0.25) is 0 Å². The zero-order valence-corrected chi connectivity index (χ0v) is 11.2. The maximum absolute atomic E-state index is 11.8. The first-order chi connectivity index (χ1) is 8.16. The van der Waals surface area contributed by atoms with E-state index < -0.39 is 5.41 Å². The van der Waals surface area contributed by atoms with Crippen LogP contribution in [0.25, 0.3) is 0 Å². The van der Waals surface area contributed by atoms with Gasteiger partial charge in [0.2, 0.25) is 0 Å². The number of carbonyl (C=O) groups excluding carboxylic acids is 1. The molecule has 0 spiro atoms. The van der Waals surface area contributed by atoms with Crippen LogP contribution in [0.4, 0.5) is 0 Å². The number of hydrogen-bond donors (Lipinski definition) is 2. The second-order valence-corrected chi connectivity index (χ2v) is 4.68. The first kappa shape index (κ1) is 16.4. The summed E-state index contributed by atoms with van der Waals surface area (Å²) in [5.41, 5.74) is -0.495. The zero-order chi connectivity index (χ0) is 13.1. The summed E-state index contributed by atoms with van der Waals surface area (Å²) in [7, 11) is 0. The minimum absolute atomic E-state index is 0.106. The molecule has 0 fully saturated rings. The SMILES string of the molecule is CCCCCCC(CC)(CCCO)C(=O)ON. The number of hydrogen-bond acceptors (Lipinski definition) is 4. The van der Waals surface area contributed by atoms with Crippen molar-refractivity contribution in [3.63, 3.8) is 0 Å². The molecule has 0 bridgehead atoms. The Morgan fingerprint density at radius 3 is 2.29 bits per heavy atom. The molecule has 0 radical (unpaired) electrons. The Kier molecular flexibility index (Phi) is 9.09. The van der Waals surface area contributed by atoms with Crippen LogP contribution >= 0.6 is 0 Å². The number of carbonyl (C=O) groups is 1. The summed E-state index contributed by atoms with van der Waals surface area (Å²) in [5, 5.41) is 8.91. The van der Waals surface area contributed by atoms with Crippen molar-refractivity contribution in [1.29, 1.82) is 0 Å². The molecule has 4 heteroatoms. The molecule has 17 heavy (non-hydrogen) atoms. The van der Waals surface area contributed by atoms with Crippen molar-refractivity contribution in [3.8, 4) is 0 Å². The van der Waals surface area contributed by atoms with Gasteiger partial charge in [0.15, 0.2) is 0 Å². The number of aliphatic hydroxyl groups is 1. The van der Waals surface area contributed by atoms with Gasteiger partial charge in [-0.1, -0.05) is 39.5 Å². The van der Waals surface area contributed by atoms with Crippen molar-refractivity contribution in [2.75, 3.05) is 6.61 Å². The Morgan fingerprint density at radius 1 is 1.18 bits per heavy atom. The Morgan fingerprint density at radius 2 is 1.82 bits per heavy atom. The number of unbranched alkanes of at least 4 members (excludes halogenated alkanes) is 3. The van der Waals surface area contributed by atoms with Crippen LogP contribution in [-0.4, -0.2) is 17.7 Å². The second kappa shape index (κ2) is 9.42. The number of nitrogens with two attached hydrogens (primary N) is 1. The molecule has 0 aromatic carbocycles. The Balaban J connectivity index is 4.39. The largest absolute Gasteiger partial charge is 0.396 e. The van der Waals surface area contributed by atoms with Gasteiger partial charge in [-0.25, -0.2) is 4.79 Å². The quantitative estimate of drug-likeness (QED) is 0.458. The molecule has 0 rings (SSSR count). The lowest BCUT2D eigenvalue weighted by atomic mass is 9.76. The summed E-state index contributed by atoms with van der Waals surface area (Å²) in [5.74, 6) is 4.70. The molecular weight excluding hydrogens is 218 g/mol. The van der Waals surface area contributed by atoms with Crippen LogP contribution in [0.3, 0.4) is 0 Å². The lowest BCUT2D eigenvalue weighted by molar-refractivity contribution is -0.158. The van der Waals surface area contributed by atoms with Gasteiger partial charge in [-0.05, 0) is 25.7 Å². The number of aliphatic hydroxyl groups excluding tert-OH is 1. The van der Waals surface area contributed by atoms with Crippen molar-refractivity contribution in [2.45, 2.75) is 65.2 Å². The van der Waals surface area contributed by atoms with E-state index in [0.29, 0.717) is 12.8 Å². The fraction of sp³-hybridized carbons (Fsp3) is 0.923. The van der Waals surface area contributed by atoms with Gasteiger partial charge in [0.25, 0.3) is 0 Å². The molecule has 0 aliphatic rings. The molecular formula is C13H27NO3. The van der Waals surface area contributed by atoms with Gasteiger partial charge < -0.3 is 9.94 Å². The summed E-state index contributed by atoms with van der Waals surface area (Å²) in [6, 6.07) is 0.